The average molecular weight is 369 g/mol. The van der Waals surface area contributed by atoms with Gasteiger partial charge >= 0.3 is 0 Å². The maximum Gasteiger partial charge on any atom is 0.272 e. The fraction of sp³-hybridized carbons (Fsp3) is 0.450. The number of anilines is 2. The zero-order chi connectivity index (χ0) is 18.6. The van der Waals surface area contributed by atoms with Gasteiger partial charge in [-0.3, -0.25) is 4.79 Å². The molecule has 2 aromatic rings. The number of piperazine rings is 1. The highest BCUT2D eigenvalue weighted by molar-refractivity contribution is 5.92. The zero-order valence-corrected chi connectivity index (χ0v) is 15.4. The van der Waals surface area contributed by atoms with Gasteiger partial charge in [0.05, 0.1) is 0 Å². The normalized spacial score (nSPS) is 17.9. The fourth-order valence-corrected chi connectivity index (χ4v) is 3.70. The Morgan fingerprint density at radius 3 is 2.22 bits per heavy atom. The van der Waals surface area contributed by atoms with Crippen LogP contribution in [-0.2, 0) is 0 Å². The van der Waals surface area contributed by atoms with Gasteiger partial charge in [-0.1, -0.05) is 0 Å². The molecular weight excluding hydrogens is 345 g/mol. The summed E-state index contributed by atoms with van der Waals surface area (Å²) in [6.07, 6.45) is 4.99. The summed E-state index contributed by atoms with van der Waals surface area (Å²) in [5.74, 6) is 0.390. The van der Waals surface area contributed by atoms with Crippen LogP contribution in [0.1, 0.15) is 29.8 Å². The standard InChI is InChI=1S/C20H24FN5O/c21-16-4-6-17(7-5-16)24-12-14-26(15-13-24)20-22-9-8-18(23-20)19(27)25-10-2-1-3-11-25/h4-9H,1-3,10-15H2. The molecule has 1 amide bonds. The van der Waals surface area contributed by atoms with Gasteiger partial charge in [-0.25, -0.2) is 14.4 Å². The molecule has 6 nitrogen and oxygen atoms in total. The Morgan fingerprint density at radius 1 is 0.852 bits per heavy atom. The number of benzene rings is 1. The number of hydrogen-bond acceptors (Lipinski definition) is 5. The molecule has 0 saturated carbocycles. The quantitative estimate of drug-likeness (QED) is 0.832. The van der Waals surface area contributed by atoms with E-state index in [4.69, 9.17) is 0 Å². The number of aromatic nitrogens is 2. The average Bonchev–Trinajstić information content (AvgIpc) is 2.75. The van der Waals surface area contributed by atoms with E-state index in [-0.39, 0.29) is 11.7 Å². The SMILES string of the molecule is O=C(c1ccnc(N2CCN(c3ccc(F)cc3)CC2)n1)N1CCCCC1. The summed E-state index contributed by atoms with van der Waals surface area (Å²) < 4.78 is 13.1. The summed E-state index contributed by atoms with van der Waals surface area (Å²) in [6, 6.07) is 8.29. The highest BCUT2D eigenvalue weighted by Crippen LogP contribution is 2.19. The van der Waals surface area contributed by atoms with Crippen LogP contribution in [0, 0.1) is 5.82 Å². The molecule has 0 aliphatic carbocycles. The summed E-state index contributed by atoms with van der Waals surface area (Å²) in [7, 11) is 0. The first kappa shape index (κ1) is 17.7. The third kappa shape index (κ3) is 4.02. The molecule has 7 heteroatoms. The first-order chi connectivity index (χ1) is 13.2. The number of halogens is 1. The third-order valence-corrected chi connectivity index (χ3v) is 5.26. The van der Waals surface area contributed by atoms with Gasteiger partial charge < -0.3 is 14.7 Å². The van der Waals surface area contributed by atoms with Gasteiger partial charge in [-0.05, 0) is 49.6 Å². The summed E-state index contributed by atoms with van der Waals surface area (Å²) in [5.41, 5.74) is 1.49. The summed E-state index contributed by atoms with van der Waals surface area (Å²) in [5, 5.41) is 0. The Morgan fingerprint density at radius 2 is 1.52 bits per heavy atom. The number of hydrogen-bond donors (Lipinski definition) is 0. The molecule has 2 aliphatic heterocycles. The van der Waals surface area contributed by atoms with Crippen molar-refractivity contribution in [1.29, 1.82) is 0 Å². The minimum atomic E-state index is -0.221. The van der Waals surface area contributed by atoms with Gasteiger partial charge in [0.2, 0.25) is 5.95 Å². The maximum atomic E-state index is 13.1. The summed E-state index contributed by atoms with van der Waals surface area (Å²) >= 11 is 0. The van der Waals surface area contributed by atoms with Crippen molar-refractivity contribution in [1.82, 2.24) is 14.9 Å². The molecule has 0 radical (unpaired) electrons. The van der Waals surface area contributed by atoms with Crippen molar-refractivity contribution < 1.29 is 9.18 Å². The van der Waals surface area contributed by atoms with E-state index >= 15 is 0 Å². The molecule has 0 atom stereocenters. The van der Waals surface area contributed by atoms with Crippen LogP contribution in [0.15, 0.2) is 36.5 Å². The van der Waals surface area contributed by atoms with E-state index in [2.05, 4.69) is 19.8 Å². The monoisotopic (exact) mass is 369 g/mol. The lowest BCUT2D eigenvalue weighted by atomic mass is 10.1. The molecule has 27 heavy (non-hydrogen) atoms. The predicted octanol–water partition coefficient (Wildman–Crippen LogP) is 2.57. The number of amides is 1. The minimum absolute atomic E-state index is 0.00305. The smallest absolute Gasteiger partial charge is 0.272 e. The lowest BCUT2D eigenvalue weighted by Crippen LogP contribution is -2.47. The van der Waals surface area contributed by atoms with Crippen LogP contribution in [0.3, 0.4) is 0 Å². The number of piperidine rings is 1. The van der Waals surface area contributed by atoms with Crippen LogP contribution >= 0.6 is 0 Å². The molecule has 1 aromatic heterocycles. The number of carbonyl (C=O) groups excluding carboxylic acids is 1. The van der Waals surface area contributed by atoms with Crippen LogP contribution in [0.2, 0.25) is 0 Å². The van der Waals surface area contributed by atoms with Gasteiger partial charge in [-0.2, -0.15) is 0 Å². The van der Waals surface area contributed by atoms with Crippen LogP contribution in [0.5, 0.6) is 0 Å². The Hall–Kier alpha value is -2.70. The molecule has 4 rings (SSSR count). The molecule has 0 spiro atoms. The Labute approximate surface area is 158 Å². The van der Waals surface area contributed by atoms with E-state index in [0.717, 1.165) is 57.8 Å². The van der Waals surface area contributed by atoms with Crippen molar-refractivity contribution in [3.8, 4) is 0 Å². The van der Waals surface area contributed by atoms with Crippen LogP contribution < -0.4 is 9.80 Å². The first-order valence-electron chi connectivity index (χ1n) is 9.58. The number of nitrogens with zero attached hydrogens (tertiary/aromatic N) is 5. The zero-order valence-electron chi connectivity index (χ0n) is 15.4. The summed E-state index contributed by atoms with van der Waals surface area (Å²) in [6.45, 7) is 4.76. The van der Waals surface area contributed by atoms with Gasteiger partial charge in [-0.15, -0.1) is 0 Å². The Bertz CT molecular complexity index is 783. The molecule has 0 unspecified atom stereocenters. The highest BCUT2D eigenvalue weighted by Gasteiger charge is 2.23. The lowest BCUT2D eigenvalue weighted by Gasteiger charge is -2.36. The second-order valence-corrected chi connectivity index (χ2v) is 7.05. The number of rotatable bonds is 3. The van der Waals surface area contributed by atoms with Crippen molar-refractivity contribution in [3.05, 3.63) is 48.0 Å². The van der Waals surface area contributed by atoms with Crippen molar-refractivity contribution in [2.75, 3.05) is 49.1 Å². The molecule has 142 valence electrons. The predicted molar refractivity (Wildman–Crippen MR) is 103 cm³/mol. The molecule has 0 bridgehead atoms. The molecule has 2 saturated heterocycles. The molecule has 0 N–H and O–H groups in total. The molecular formula is C20H24FN5O. The topological polar surface area (TPSA) is 52.6 Å². The largest absolute Gasteiger partial charge is 0.368 e. The van der Waals surface area contributed by atoms with Gasteiger partial charge in [0, 0.05) is 51.2 Å². The van der Waals surface area contributed by atoms with Crippen molar-refractivity contribution >= 4 is 17.5 Å². The summed E-state index contributed by atoms with van der Waals surface area (Å²) in [4.78, 5) is 27.8. The van der Waals surface area contributed by atoms with Crippen LogP contribution in [0.4, 0.5) is 16.0 Å². The Balaban J connectivity index is 1.41. The first-order valence-corrected chi connectivity index (χ1v) is 9.58. The Kier molecular flexibility index (Phi) is 5.18. The molecule has 2 aliphatic rings. The lowest BCUT2D eigenvalue weighted by molar-refractivity contribution is 0.0718. The van der Waals surface area contributed by atoms with Crippen LogP contribution in [0.25, 0.3) is 0 Å². The van der Waals surface area contributed by atoms with E-state index in [1.807, 2.05) is 4.90 Å². The van der Waals surface area contributed by atoms with E-state index in [9.17, 15) is 9.18 Å². The van der Waals surface area contributed by atoms with Crippen LogP contribution in [-0.4, -0.2) is 60.0 Å². The highest BCUT2D eigenvalue weighted by atomic mass is 19.1. The second kappa shape index (κ2) is 7.90. The van der Waals surface area contributed by atoms with Crippen molar-refractivity contribution in [2.24, 2.45) is 0 Å². The molecule has 2 fully saturated rings. The fourth-order valence-electron chi connectivity index (χ4n) is 3.70. The number of carbonyl (C=O) groups is 1. The molecule has 3 heterocycles. The van der Waals surface area contributed by atoms with Gasteiger partial charge in [0.1, 0.15) is 11.5 Å². The minimum Gasteiger partial charge on any atom is -0.368 e. The van der Waals surface area contributed by atoms with Gasteiger partial charge in [0.15, 0.2) is 0 Å². The molecule has 1 aromatic carbocycles. The van der Waals surface area contributed by atoms with Crippen molar-refractivity contribution in [3.63, 3.8) is 0 Å². The second-order valence-electron chi connectivity index (χ2n) is 7.05. The van der Waals surface area contributed by atoms with Crippen molar-refractivity contribution in [2.45, 2.75) is 19.3 Å². The maximum absolute atomic E-state index is 13.1. The third-order valence-electron chi connectivity index (χ3n) is 5.26. The van der Waals surface area contributed by atoms with E-state index in [0.29, 0.717) is 11.6 Å². The van der Waals surface area contributed by atoms with E-state index in [1.165, 1.54) is 18.6 Å². The van der Waals surface area contributed by atoms with Gasteiger partial charge in [0.25, 0.3) is 5.91 Å². The van der Waals surface area contributed by atoms with E-state index in [1.54, 1.807) is 24.4 Å². The van der Waals surface area contributed by atoms with E-state index < -0.39 is 0 Å². The number of likely N-dealkylation sites (tertiary alicyclic amines) is 1.